The molecule has 0 saturated heterocycles. The Hall–Kier alpha value is -0.570. The van der Waals surface area contributed by atoms with Crippen LogP contribution in [0.2, 0.25) is 0 Å². The van der Waals surface area contributed by atoms with E-state index in [4.69, 9.17) is 0 Å². The van der Waals surface area contributed by atoms with Crippen LogP contribution in [0.15, 0.2) is 5.38 Å². The number of anilines is 1. The van der Waals surface area contributed by atoms with Gasteiger partial charge in [-0.3, -0.25) is 0 Å². The Kier molecular flexibility index (Phi) is 3.53. The minimum Gasteiger partial charge on any atom is -0.361 e. The van der Waals surface area contributed by atoms with Gasteiger partial charge in [-0.1, -0.05) is 34.6 Å². The quantitative estimate of drug-likeness (QED) is 0.829. The lowest BCUT2D eigenvalue weighted by Gasteiger charge is -2.14. The van der Waals surface area contributed by atoms with Crippen LogP contribution in [-0.2, 0) is 5.41 Å². The van der Waals surface area contributed by atoms with Gasteiger partial charge in [0.05, 0.1) is 5.69 Å². The number of rotatable bonds is 3. The van der Waals surface area contributed by atoms with E-state index >= 15 is 0 Å². The Morgan fingerprint density at radius 2 is 2.07 bits per heavy atom. The molecule has 14 heavy (non-hydrogen) atoms. The predicted molar refractivity (Wildman–Crippen MR) is 64.1 cm³/mol. The van der Waals surface area contributed by atoms with Crippen molar-refractivity contribution in [1.29, 1.82) is 0 Å². The van der Waals surface area contributed by atoms with Crippen molar-refractivity contribution in [1.82, 2.24) is 4.98 Å². The number of thiazole rings is 1. The van der Waals surface area contributed by atoms with Crippen molar-refractivity contribution in [3.63, 3.8) is 0 Å². The maximum Gasteiger partial charge on any atom is 0.182 e. The summed E-state index contributed by atoms with van der Waals surface area (Å²) in [5.74, 6) is 0.664. The van der Waals surface area contributed by atoms with E-state index in [0.29, 0.717) is 5.92 Å². The van der Waals surface area contributed by atoms with Gasteiger partial charge < -0.3 is 5.32 Å². The number of hydrogen-bond donors (Lipinski definition) is 1. The Bertz CT molecular complexity index is 284. The summed E-state index contributed by atoms with van der Waals surface area (Å²) in [5, 5.41) is 6.53. The van der Waals surface area contributed by atoms with Crippen LogP contribution in [-0.4, -0.2) is 11.5 Å². The molecule has 0 unspecified atom stereocenters. The summed E-state index contributed by atoms with van der Waals surface area (Å²) < 4.78 is 0. The van der Waals surface area contributed by atoms with E-state index in [0.717, 1.165) is 11.7 Å². The van der Waals surface area contributed by atoms with Crippen molar-refractivity contribution < 1.29 is 0 Å². The molecular weight excluding hydrogens is 192 g/mol. The summed E-state index contributed by atoms with van der Waals surface area (Å²) in [6.07, 6.45) is 0. The van der Waals surface area contributed by atoms with E-state index in [2.05, 4.69) is 50.3 Å². The van der Waals surface area contributed by atoms with Gasteiger partial charge in [0.2, 0.25) is 0 Å². The molecule has 0 aromatic carbocycles. The van der Waals surface area contributed by atoms with Crippen LogP contribution in [0, 0.1) is 5.92 Å². The van der Waals surface area contributed by atoms with Gasteiger partial charge in [-0.15, -0.1) is 11.3 Å². The second-order valence-corrected chi connectivity index (χ2v) is 5.92. The zero-order valence-electron chi connectivity index (χ0n) is 9.72. The first-order chi connectivity index (χ1) is 6.39. The molecule has 1 aromatic rings. The molecule has 0 fully saturated rings. The first-order valence-corrected chi connectivity index (χ1v) is 5.97. The van der Waals surface area contributed by atoms with Crippen molar-refractivity contribution in [2.45, 2.75) is 40.0 Å². The summed E-state index contributed by atoms with van der Waals surface area (Å²) in [7, 11) is 0. The van der Waals surface area contributed by atoms with Crippen LogP contribution in [0.3, 0.4) is 0 Å². The molecule has 1 rings (SSSR count). The molecule has 0 aliphatic rings. The van der Waals surface area contributed by atoms with Gasteiger partial charge in [0.15, 0.2) is 5.13 Å². The first kappa shape index (κ1) is 11.5. The molecule has 0 radical (unpaired) electrons. The van der Waals surface area contributed by atoms with E-state index < -0.39 is 0 Å². The third kappa shape index (κ3) is 3.29. The van der Waals surface area contributed by atoms with Crippen LogP contribution >= 0.6 is 11.3 Å². The molecule has 3 heteroatoms. The topological polar surface area (TPSA) is 24.9 Å². The van der Waals surface area contributed by atoms with Gasteiger partial charge in [0, 0.05) is 17.3 Å². The van der Waals surface area contributed by atoms with Gasteiger partial charge >= 0.3 is 0 Å². The van der Waals surface area contributed by atoms with Crippen molar-refractivity contribution in [2.75, 3.05) is 11.9 Å². The van der Waals surface area contributed by atoms with E-state index in [-0.39, 0.29) is 5.41 Å². The summed E-state index contributed by atoms with van der Waals surface area (Å²) in [5.41, 5.74) is 1.34. The van der Waals surface area contributed by atoms with Gasteiger partial charge in [0.25, 0.3) is 0 Å². The number of nitrogens with zero attached hydrogens (tertiary/aromatic N) is 1. The summed E-state index contributed by atoms with van der Waals surface area (Å²) in [6.45, 7) is 12.0. The maximum absolute atomic E-state index is 4.56. The molecule has 80 valence electrons. The maximum atomic E-state index is 4.56. The van der Waals surface area contributed by atoms with Gasteiger partial charge in [-0.2, -0.15) is 0 Å². The van der Waals surface area contributed by atoms with Gasteiger partial charge in [-0.05, 0) is 5.92 Å². The Morgan fingerprint density at radius 3 is 2.50 bits per heavy atom. The third-order valence-electron chi connectivity index (χ3n) is 1.93. The first-order valence-electron chi connectivity index (χ1n) is 5.09. The molecule has 0 bridgehead atoms. The molecule has 0 atom stereocenters. The zero-order chi connectivity index (χ0) is 10.8. The molecule has 0 spiro atoms. The minimum atomic E-state index is 0.161. The minimum absolute atomic E-state index is 0.161. The van der Waals surface area contributed by atoms with E-state index in [1.165, 1.54) is 5.69 Å². The molecule has 0 amide bonds. The fourth-order valence-corrected chi connectivity index (χ4v) is 1.94. The Morgan fingerprint density at radius 1 is 1.43 bits per heavy atom. The lowest BCUT2D eigenvalue weighted by atomic mass is 9.93. The summed E-state index contributed by atoms with van der Waals surface area (Å²) >= 11 is 1.70. The molecule has 1 aromatic heterocycles. The fourth-order valence-electron chi connectivity index (χ4n) is 0.991. The molecule has 1 N–H and O–H groups in total. The van der Waals surface area contributed by atoms with Crippen LogP contribution < -0.4 is 5.32 Å². The normalized spacial score (nSPS) is 12.1. The van der Waals surface area contributed by atoms with Gasteiger partial charge in [0.1, 0.15) is 0 Å². The second kappa shape index (κ2) is 4.30. The molecule has 0 saturated carbocycles. The highest BCUT2D eigenvalue weighted by molar-refractivity contribution is 7.13. The number of hydrogen-bond acceptors (Lipinski definition) is 3. The van der Waals surface area contributed by atoms with Gasteiger partial charge in [-0.25, -0.2) is 4.98 Å². The molecule has 2 nitrogen and oxygen atoms in total. The second-order valence-electron chi connectivity index (χ2n) is 5.06. The predicted octanol–water partition coefficient (Wildman–Crippen LogP) is 3.51. The monoisotopic (exact) mass is 212 g/mol. The fraction of sp³-hybridized carbons (Fsp3) is 0.727. The SMILES string of the molecule is CC(C)CNc1nc(C(C)(C)C)cs1. The highest BCUT2D eigenvalue weighted by Crippen LogP contribution is 2.26. The Labute approximate surface area is 90.8 Å². The van der Waals surface area contributed by atoms with E-state index in [1.807, 2.05) is 0 Å². The molecule has 0 aliphatic heterocycles. The largest absolute Gasteiger partial charge is 0.361 e. The standard InChI is InChI=1S/C11H20N2S/c1-8(2)6-12-10-13-9(7-14-10)11(3,4)5/h7-8H,6H2,1-5H3,(H,12,13). The molecule has 0 aliphatic carbocycles. The van der Waals surface area contributed by atoms with Crippen molar-refractivity contribution >= 4 is 16.5 Å². The van der Waals surface area contributed by atoms with Crippen LogP contribution in [0.25, 0.3) is 0 Å². The molecule has 1 heterocycles. The summed E-state index contributed by atoms with van der Waals surface area (Å²) in [4.78, 5) is 4.56. The Balaban J connectivity index is 2.60. The smallest absolute Gasteiger partial charge is 0.182 e. The highest BCUT2D eigenvalue weighted by Gasteiger charge is 2.17. The average Bonchev–Trinajstić information content (AvgIpc) is 2.47. The number of aromatic nitrogens is 1. The average molecular weight is 212 g/mol. The zero-order valence-corrected chi connectivity index (χ0v) is 10.5. The van der Waals surface area contributed by atoms with Crippen LogP contribution in [0.5, 0.6) is 0 Å². The lowest BCUT2D eigenvalue weighted by Crippen LogP contribution is -2.12. The highest BCUT2D eigenvalue weighted by atomic mass is 32.1. The van der Waals surface area contributed by atoms with Crippen LogP contribution in [0.4, 0.5) is 5.13 Å². The van der Waals surface area contributed by atoms with E-state index in [9.17, 15) is 0 Å². The van der Waals surface area contributed by atoms with Crippen LogP contribution in [0.1, 0.15) is 40.3 Å². The summed E-state index contributed by atoms with van der Waals surface area (Å²) in [6, 6.07) is 0. The third-order valence-corrected chi connectivity index (χ3v) is 2.73. The number of nitrogens with one attached hydrogen (secondary N) is 1. The van der Waals surface area contributed by atoms with E-state index in [1.54, 1.807) is 11.3 Å². The lowest BCUT2D eigenvalue weighted by molar-refractivity contribution is 0.573. The van der Waals surface area contributed by atoms with Crippen molar-refractivity contribution in [3.05, 3.63) is 11.1 Å². The van der Waals surface area contributed by atoms with Crippen molar-refractivity contribution in [2.24, 2.45) is 5.92 Å². The van der Waals surface area contributed by atoms with Crippen molar-refractivity contribution in [3.8, 4) is 0 Å². The molecular formula is C11H20N2S.